The minimum absolute atomic E-state index is 0. The maximum absolute atomic E-state index is 12.5. The second kappa shape index (κ2) is 6.30. The molecule has 1 heterocycles. The van der Waals surface area contributed by atoms with Crippen LogP contribution in [0.4, 0.5) is 0 Å². The lowest BCUT2D eigenvalue weighted by molar-refractivity contribution is 0.411. The third-order valence-corrected chi connectivity index (χ3v) is 5.47. The summed E-state index contributed by atoms with van der Waals surface area (Å²) in [6.07, 6.45) is 0. The van der Waals surface area contributed by atoms with Crippen molar-refractivity contribution in [1.82, 2.24) is 4.31 Å². The number of hydrogen-bond acceptors (Lipinski definition) is 4. The molecule has 2 N–H and O–H groups in total. The zero-order chi connectivity index (χ0) is 14.2. The van der Waals surface area contributed by atoms with Gasteiger partial charge in [0.2, 0.25) is 10.0 Å². The Morgan fingerprint density at radius 2 is 2.00 bits per heavy atom. The second-order valence-corrected chi connectivity index (χ2v) is 7.03. The number of methoxy groups -OCH3 is 1. The van der Waals surface area contributed by atoms with Crippen molar-refractivity contribution < 1.29 is 13.2 Å². The Balaban J connectivity index is 0.00000200. The molecule has 2 atom stereocenters. The minimum Gasteiger partial charge on any atom is -0.496 e. The molecule has 1 fully saturated rings. The molecule has 20 heavy (non-hydrogen) atoms. The monoisotopic (exact) mass is 320 g/mol. The molecule has 0 radical (unpaired) electrons. The number of nitrogens with zero attached hydrogens (tertiary/aromatic N) is 1. The Morgan fingerprint density at radius 3 is 2.45 bits per heavy atom. The molecule has 0 spiro atoms. The molecule has 1 aliphatic heterocycles. The lowest BCUT2D eigenvalue weighted by Gasteiger charge is -2.17. The van der Waals surface area contributed by atoms with E-state index in [1.54, 1.807) is 25.3 Å². The summed E-state index contributed by atoms with van der Waals surface area (Å²) in [5, 5.41) is 0. The van der Waals surface area contributed by atoms with Crippen LogP contribution in [0.5, 0.6) is 5.75 Å². The summed E-state index contributed by atoms with van der Waals surface area (Å²) in [6.45, 7) is 4.67. The number of aryl methyl sites for hydroxylation is 1. The van der Waals surface area contributed by atoms with Crippen LogP contribution in [0.15, 0.2) is 23.1 Å². The highest BCUT2D eigenvalue weighted by Crippen LogP contribution is 2.27. The molecule has 1 aliphatic rings. The number of nitrogens with two attached hydrogens (primary N) is 1. The molecule has 0 amide bonds. The first-order valence-corrected chi connectivity index (χ1v) is 7.70. The fraction of sp³-hybridized carbons (Fsp3) is 0.538. The van der Waals surface area contributed by atoms with Gasteiger partial charge >= 0.3 is 0 Å². The molecule has 5 nitrogen and oxygen atoms in total. The first-order valence-electron chi connectivity index (χ1n) is 6.26. The van der Waals surface area contributed by atoms with Gasteiger partial charge in [0.05, 0.1) is 12.0 Å². The smallest absolute Gasteiger partial charge is 0.243 e. The van der Waals surface area contributed by atoms with Crippen molar-refractivity contribution >= 4 is 22.4 Å². The number of halogens is 1. The predicted molar refractivity (Wildman–Crippen MR) is 80.9 cm³/mol. The number of hydrogen-bond donors (Lipinski definition) is 1. The van der Waals surface area contributed by atoms with Crippen LogP contribution < -0.4 is 10.5 Å². The van der Waals surface area contributed by atoms with E-state index >= 15 is 0 Å². The number of rotatable bonds is 3. The van der Waals surface area contributed by atoms with Crippen molar-refractivity contribution in [2.45, 2.75) is 24.8 Å². The zero-order valence-electron chi connectivity index (χ0n) is 11.9. The molecule has 1 aromatic carbocycles. The van der Waals surface area contributed by atoms with Crippen LogP contribution in [0.3, 0.4) is 0 Å². The Hall–Kier alpha value is -0.820. The minimum atomic E-state index is -3.45. The Bertz CT molecular complexity index is 567. The number of sulfonamides is 1. The summed E-state index contributed by atoms with van der Waals surface area (Å²) in [7, 11) is -1.89. The molecule has 7 heteroatoms. The highest BCUT2D eigenvalue weighted by molar-refractivity contribution is 7.89. The Kier molecular flexibility index (Phi) is 5.43. The summed E-state index contributed by atoms with van der Waals surface area (Å²) in [6, 6.07) is 4.81. The van der Waals surface area contributed by atoms with E-state index in [9.17, 15) is 8.42 Å². The standard InChI is InChI=1S/C13H20N2O3S.ClH/c1-9-6-11(4-5-13(9)18-3)19(16,17)15-7-10(2)12(14)8-15;/h4-6,10,12H,7-8,14H2,1-3H3;1H. The van der Waals surface area contributed by atoms with Gasteiger partial charge in [0.1, 0.15) is 5.75 Å². The van der Waals surface area contributed by atoms with E-state index in [2.05, 4.69) is 0 Å². The summed E-state index contributed by atoms with van der Waals surface area (Å²) in [5.41, 5.74) is 6.70. The molecule has 114 valence electrons. The van der Waals surface area contributed by atoms with E-state index < -0.39 is 10.0 Å². The van der Waals surface area contributed by atoms with Crippen LogP contribution in [0.2, 0.25) is 0 Å². The fourth-order valence-corrected chi connectivity index (χ4v) is 3.97. The Morgan fingerprint density at radius 1 is 1.35 bits per heavy atom. The second-order valence-electron chi connectivity index (χ2n) is 5.09. The highest BCUT2D eigenvalue weighted by atomic mass is 35.5. The average molecular weight is 321 g/mol. The van der Waals surface area contributed by atoms with Gasteiger partial charge in [0.25, 0.3) is 0 Å². The van der Waals surface area contributed by atoms with E-state index in [-0.39, 0.29) is 24.4 Å². The van der Waals surface area contributed by atoms with Crippen LogP contribution in [0.1, 0.15) is 12.5 Å². The van der Waals surface area contributed by atoms with Crippen LogP contribution in [-0.2, 0) is 10.0 Å². The first kappa shape index (κ1) is 17.2. The molecule has 2 rings (SSSR count). The molecule has 2 unspecified atom stereocenters. The van der Waals surface area contributed by atoms with Crippen LogP contribution in [-0.4, -0.2) is 39.0 Å². The normalized spacial score (nSPS) is 23.4. The lowest BCUT2D eigenvalue weighted by atomic mass is 10.1. The van der Waals surface area contributed by atoms with E-state index in [0.717, 1.165) is 5.56 Å². The maximum atomic E-state index is 12.5. The van der Waals surface area contributed by atoms with Crippen molar-refractivity contribution in [3.8, 4) is 5.75 Å². The molecule has 0 bridgehead atoms. The highest BCUT2D eigenvalue weighted by Gasteiger charge is 2.35. The SMILES string of the molecule is COc1ccc(S(=O)(=O)N2CC(C)C(N)C2)cc1C.Cl. The fourth-order valence-electron chi connectivity index (χ4n) is 2.30. The number of ether oxygens (including phenoxy) is 1. The maximum Gasteiger partial charge on any atom is 0.243 e. The zero-order valence-corrected chi connectivity index (χ0v) is 13.5. The third-order valence-electron chi connectivity index (χ3n) is 3.64. The average Bonchev–Trinajstić information content (AvgIpc) is 2.70. The van der Waals surface area contributed by atoms with Gasteiger partial charge in [0.15, 0.2) is 0 Å². The van der Waals surface area contributed by atoms with Gasteiger partial charge in [-0.25, -0.2) is 8.42 Å². The van der Waals surface area contributed by atoms with Gasteiger partial charge in [-0.1, -0.05) is 6.92 Å². The van der Waals surface area contributed by atoms with E-state index in [1.807, 2.05) is 13.8 Å². The largest absolute Gasteiger partial charge is 0.496 e. The lowest BCUT2D eigenvalue weighted by Crippen LogP contribution is -2.32. The van der Waals surface area contributed by atoms with Gasteiger partial charge in [-0.2, -0.15) is 4.31 Å². The molecule has 0 saturated carbocycles. The summed E-state index contributed by atoms with van der Waals surface area (Å²) in [4.78, 5) is 0.298. The van der Waals surface area contributed by atoms with E-state index in [1.165, 1.54) is 4.31 Å². The van der Waals surface area contributed by atoms with Crippen LogP contribution in [0.25, 0.3) is 0 Å². The van der Waals surface area contributed by atoms with E-state index in [0.29, 0.717) is 23.7 Å². The van der Waals surface area contributed by atoms with Gasteiger partial charge < -0.3 is 10.5 Å². The molecular formula is C13H21ClN2O3S. The van der Waals surface area contributed by atoms with Crippen molar-refractivity contribution in [2.24, 2.45) is 11.7 Å². The summed E-state index contributed by atoms with van der Waals surface area (Å²) >= 11 is 0. The van der Waals surface area contributed by atoms with Gasteiger partial charge in [-0.05, 0) is 36.6 Å². The topological polar surface area (TPSA) is 72.6 Å². The van der Waals surface area contributed by atoms with E-state index in [4.69, 9.17) is 10.5 Å². The third kappa shape index (κ3) is 3.09. The molecular weight excluding hydrogens is 300 g/mol. The molecule has 1 aromatic rings. The van der Waals surface area contributed by atoms with Crippen molar-refractivity contribution in [2.75, 3.05) is 20.2 Å². The van der Waals surface area contributed by atoms with Gasteiger partial charge in [-0.3, -0.25) is 0 Å². The van der Waals surface area contributed by atoms with Crippen molar-refractivity contribution in [1.29, 1.82) is 0 Å². The molecule has 0 aliphatic carbocycles. The quantitative estimate of drug-likeness (QED) is 0.913. The first-order chi connectivity index (χ1) is 8.86. The van der Waals surface area contributed by atoms with Gasteiger partial charge in [0, 0.05) is 19.1 Å². The molecule has 0 aromatic heterocycles. The van der Waals surface area contributed by atoms with Crippen molar-refractivity contribution in [3.63, 3.8) is 0 Å². The molecule has 1 saturated heterocycles. The van der Waals surface area contributed by atoms with Crippen molar-refractivity contribution in [3.05, 3.63) is 23.8 Å². The predicted octanol–water partition coefficient (Wildman–Crippen LogP) is 1.39. The Labute approximate surface area is 126 Å². The summed E-state index contributed by atoms with van der Waals surface area (Å²) < 4.78 is 31.6. The number of benzene rings is 1. The van der Waals surface area contributed by atoms with Crippen LogP contribution in [0, 0.1) is 12.8 Å². The van der Waals surface area contributed by atoms with Crippen LogP contribution >= 0.6 is 12.4 Å². The van der Waals surface area contributed by atoms with Gasteiger partial charge in [-0.15, -0.1) is 12.4 Å². The summed E-state index contributed by atoms with van der Waals surface area (Å²) in [5.74, 6) is 0.875.